The molecule has 0 spiro atoms. The number of carbonyl (C=O) groups excluding carboxylic acids is 1. The Kier molecular flexibility index (Phi) is 3.35. The molecule has 0 radical (unpaired) electrons. The number of benzene rings is 1. The Labute approximate surface area is 144 Å². The minimum absolute atomic E-state index is 0.0118. The summed E-state index contributed by atoms with van der Waals surface area (Å²) in [6.07, 6.45) is 3.16. The molecular weight excluding hydrogens is 320 g/mol. The Bertz CT molecular complexity index is 913. The number of aromatic nitrogens is 2. The van der Waals surface area contributed by atoms with Crippen molar-refractivity contribution in [2.45, 2.75) is 32.7 Å². The van der Waals surface area contributed by atoms with E-state index < -0.39 is 22.3 Å². The topological polar surface area (TPSA) is 90.4 Å². The molecule has 0 amide bonds. The van der Waals surface area contributed by atoms with Gasteiger partial charge in [-0.1, -0.05) is 26.0 Å². The first-order chi connectivity index (χ1) is 11.9. The van der Waals surface area contributed by atoms with E-state index >= 15 is 0 Å². The molecule has 0 bridgehead atoms. The molecule has 1 saturated carbocycles. The van der Waals surface area contributed by atoms with Crippen LogP contribution < -0.4 is 0 Å². The van der Waals surface area contributed by atoms with E-state index in [9.17, 15) is 14.9 Å². The summed E-state index contributed by atoms with van der Waals surface area (Å²) in [5.41, 5.74) is 1.14. The molecule has 128 valence electrons. The van der Waals surface area contributed by atoms with Gasteiger partial charge in [0, 0.05) is 29.3 Å². The van der Waals surface area contributed by atoms with Gasteiger partial charge in [-0.3, -0.25) is 14.9 Å². The molecule has 25 heavy (non-hydrogen) atoms. The zero-order chi connectivity index (χ0) is 17.8. The van der Waals surface area contributed by atoms with Gasteiger partial charge in [-0.15, -0.1) is 0 Å². The van der Waals surface area contributed by atoms with E-state index in [1.807, 2.05) is 19.9 Å². The highest BCUT2D eigenvalue weighted by molar-refractivity contribution is 6.11. The molecule has 0 N–H and O–H groups in total. The lowest BCUT2D eigenvalue weighted by Gasteiger charge is -2.40. The van der Waals surface area contributed by atoms with Gasteiger partial charge in [-0.25, -0.2) is 9.67 Å². The van der Waals surface area contributed by atoms with Crippen molar-refractivity contribution in [3.63, 3.8) is 0 Å². The molecule has 1 aliphatic carbocycles. The Morgan fingerprint density at radius 1 is 1.32 bits per heavy atom. The Morgan fingerprint density at radius 3 is 2.88 bits per heavy atom. The van der Waals surface area contributed by atoms with Crippen molar-refractivity contribution in [1.82, 2.24) is 9.78 Å². The molecule has 2 unspecified atom stereocenters. The number of hydrogen-bond acceptors (Lipinski definition) is 5. The van der Waals surface area contributed by atoms with E-state index in [4.69, 9.17) is 0 Å². The molecule has 2 aromatic rings. The molecule has 2 heterocycles. The van der Waals surface area contributed by atoms with E-state index in [1.54, 1.807) is 23.0 Å². The number of Topliss-reactive ketones (excluding diaryl/α,β-unsaturated/α-hetero) is 1. The summed E-state index contributed by atoms with van der Waals surface area (Å²) in [6, 6.07) is 7.87. The molecule has 1 aliphatic heterocycles. The lowest BCUT2D eigenvalue weighted by Crippen LogP contribution is -2.46. The highest BCUT2D eigenvalue weighted by atomic mass is 16.6. The third-order valence-electron chi connectivity index (χ3n) is 5.22. The third-order valence-corrected chi connectivity index (χ3v) is 5.22. The summed E-state index contributed by atoms with van der Waals surface area (Å²) < 4.78 is 1.71. The fourth-order valence-corrected chi connectivity index (χ4v) is 3.80. The van der Waals surface area contributed by atoms with Crippen LogP contribution >= 0.6 is 0 Å². The van der Waals surface area contributed by atoms with Gasteiger partial charge in [-0.05, 0) is 18.4 Å². The summed E-state index contributed by atoms with van der Waals surface area (Å²) in [7, 11) is 0. The lowest BCUT2D eigenvalue weighted by atomic mass is 9.66. The molecule has 4 rings (SSSR count). The minimum Gasteiger partial charge on any atom is -0.298 e. The average Bonchev–Trinajstić information content (AvgIpc) is 3.05. The van der Waals surface area contributed by atoms with Gasteiger partial charge in [0.05, 0.1) is 23.1 Å². The molecule has 7 nitrogen and oxygen atoms in total. The lowest BCUT2D eigenvalue weighted by molar-refractivity contribution is -0.384. The number of carbonyl (C=O) groups is 1. The maximum atomic E-state index is 13.2. The summed E-state index contributed by atoms with van der Waals surface area (Å²) in [5, 5.41) is 15.5. The van der Waals surface area contributed by atoms with Crippen molar-refractivity contribution in [2.24, 2.45) is 16.3 Å². The fourth-order valence-electron chi connectivity index (χ4n) is 3.80. The number of nitro groups is 1. The molecule has 2 aliphatic rings. The van der Waals surface area contributed by atoms with Gasteiger partial charge in [-0.2, -0.15) is 5.10 Å². The number of fused-ring (bicyclic) bond motifs is 2. The molecule has 7 heteroatoms. The fraction of sp³-hybridized carbons (Fsp3) is 0.389. The quantitative estimate of drug-likeness (QED) is 0.619. The van der Waals surface area contributed by atoms with E-state index in [0.717, 1.165) is 18.6 Å². The van der Waals surface area contributed by atoms with Gasteiger partial charge in [0.15, 0.2) is 5.82 Å². The number of hydrogen-bond donors (Lipinski definition) is 0. The number of aliphatic imine (C=N–C) groups is 1. The number of non-ortho nitro benzene ring substituents is 1. The zero-order valence-corrected chi connectivity index (χ0v) is 14.0. The standard InChI is InChI=1S/C18H18N4O3/c1-18(2)8-6-13-15(17(18)23)16(21-14(20-13)7-9-19-21)11-4-3-5-12(10-11)22(24)25/h3-5,7,9-10,15-16H,6,8H2,1-2H3. The van der Waals surface area contributed by atoms with Crippen molar-refractivity contribution in [3.8, 4) is 0 Å². The van der Waals surface area contributed by atoms with Crippen LogP contribution in [0.1, 0.15) is 38.3 Å². The summed E-state index contributed by atoms with van der Waals surface area (Å²) in [5.74, 6) is 0.378. The highest BCUT2D eigenvalue weighted by Gasteiger charge is 2.48. The Hall–Kier alpha value is -2.83. The predicted octanol–water partition coefficient (Wildman–Crippen LogP) is 3.47. The van der Waals surface area contributed by atoms with Crippen LogP contribution in [0.3, 0.4) is 0 Å². The van der Waals surface area contributed by atoms with Crippen LogP contribution in [-0.2, 0) is 4.79 Å². The number of ketones is 1. The molecular formula is C18H18N4O3. The second-order valence-electron chi connectivity index (χ2n) is 7.26. The van der Waals surface area contributed by atoms with Crippen LogP contribution in [0, 0.1) is 21.4 Å². The van der Waals surface area contributed by atoms with Crippen LogP contribution in [0.5, 0.6) is 0 Å². The molecule has 1 aromatic carbocycles. The van der Waals surface area contributed by atoms with Crippen molar-refractivity contribution in [3.05, 3.63) is 52.2 Å². The smallest absolute Gasteiger partial charge is 0.269 e. The van der Waals surface area contributed by atoms with Gasteiger partial charge in [0.2, 0.25) is 0 Å². The van der Waals surface area contributed by atoms with Crippen molar-refractivity contribution in [1.29, 1.82) is 0 Å². The van der Waals surface area contributed by atoms with E-state index in [-0.39, 0.29) is 11.5 Å². The van der Waals surface area contributed by atoms with Gasteiger partial charge in [0.25, 0.3) is 5.69 Å². The third kappa shape index (κ3) is 2.38. The number of nitro benzene ring substituents is 1. The second-order valence-corrected chi connectivity index (χ2v) is 7.26. The molecule has 1 aromatic heterocycles. The Balaban J connectivity index is 1.89. The first-order valence-corrected chi connectivity index (χ1v) is 8.28. The van der Waals surface area contributed by atoms with Crippen LogP contribution in [-0.4, -0.2) is 26.2 Å². The first-order valence-electron chi connectivity index (χ1n) is 8.28. The van der Waals surface area contributed by atoms with Crippen LogP contribution in [0.4, 0.5) is 11.5 Å². The summed E-state index contributed by atoms with van der Waals surface area (Å²) >= 11 is 0. The maximum absolute atomic E-state index is 13.2. The molecule has 0 saturated heterocycles. The Morgan fingerprint density at radius 2 is 2.12 bits per heavy atom. The van der Waals surface area contributed by atoms with Crippen LogP contribution in [0.15, 0.2) is 41.5 Å². The van der Waals surface area contributed by atoms with Gasteiger partial charge < -0.3 is 0 Å². The molecule has 1 fully saturated rings. The zero-order valence-electron chi connectivity index (χ0n) is 14.0. The van der Waals surface area contributed by atoms with E-state index in [0.29, 0.717) is 11.4 Å². The van der Waals surface area contributed by atoms with Crippen molar-refractivity contribution < 1.29 is 9.72 Å². The SMILES string of the molecule is CC1(C)CCC2=Nc3ccnn3C(c3cccc([N+](=O)[O-])c3)C2C1=O. The maximum Gasteiger partial charge on any atom is 0.269 e. The number of nitrogens with zero attached hydrogens (tertiary/aromatic N) is 4. The van der Waals surface area contributed by atoms with Gasteiger partial charge >= 0.3 is 0 Å². The second kappa shape index (κ2) is 5.34. The van der Waals surface area contributed by atoms with Crippen molar-refractivity contribution in [2.75, 3.05) is 0 Å². The van der Waals surface area contributed by atoms with Crippen LogP contribution in [0.25, 0.3) is 0 Å². The summed E-state index contributed by atoms with van der Waals surface area (Å²) in [6.45, 7) is 3.91. The normalized spacial score (nSPS) is 24.2. The average molecular weight is 338 g/mol. The molecule has 2 atom stereocenters. The van der Waals surface area contributed by atoms with Gasteiger partial charge in [0.1, 0.15) is 5.78 Å². The predicted molar refractivity (Wildman–Crippen MR) is 92.1 cm³/mol. The summed E-state index contributed by atoms with van der Waals surface area (Å²) in [4.78, 5) is 28.6. The minimum atomic E-state index is -0.437. The number of rotatable bonds is 2. The van der Waals surface area contributed by atoms with E-state index in [2.05, 4.69) is 10.1 Å². The van der Waals surface area contributed by atoms with Crippen LogP contribution in [0.2, 0.25) is 0 Å². The van der Waals surface area contributed by atoms with E-state index in [1.165, 1.54) is 12.1 Å². The largest absolute Gasteiger partial charge is 0.298 e. The monoisotopic (exact) mass is 338 g/mol. The van der Waals surface area contributed by atoms with Crippen molar-refractivity contribution >= 4 is 23.0 Å². The first kappa shape index (κ1) is 15.7. The highest BCUT2D eigenvalue weighted by Crippen LogP contribution is 2.45.